The molecule has 0 fully saturated rings. The van der Waals surface area contributed by atoms with E-state index in [4.69, 9.17) is 4.74 Å². The summed E-state index contributed by atoms with van der Waals surface area (Å²) in [6.45, 7) is 2.95. The molecule has 2 amide bonds. The van der Waals surface area contributed by atoms with Crippen LogP contribution in [0.1, 0.15) is 27.2 Å². The second-order valence-corrected chi connectivity index (χ2v) is 10.3. The molecule has 37 heavy (non-hydrogen) atoms. The third kappa shape index (κ3) is 6.24. The number of rotatable bonds is 7. The minimum atomic E-state index is -4.81. The first kappa shape index (κ1) is 28.0. The van der Waals surface area contributed by atoms with Gasteiger partial charge in [0.2, 0.25) is 11.5 Å². The van der Waals surface area contributed by atoms with Crippen molar-refractivity contribution in [3.05, 3.63) is 48.3 Å². The maximum atomic E-state index is 13.4. The largest absolute Gasteiger partial charge is 0.484 e. The fourth-order valence-corrected chi connectivity index (χ4v) is 4.89. The van der Waals surface area contributed by atoms with Crippen LogP contribution in [0.4, 0.5) is 33.7 Å². The molecule has 2 aromatic carbocycles. The zero-order valence-electron chi connectivity index (χ0n) is 20.1. The number of benzene rings is 2. The van der Waals surface area contributed by atoms with Gasteiger partial charge in [-0.15, -0.1) is 0 Å². The van der Waals surface area contributed by atoms with Crippen LogP contribution < -0.4 is 19.7 Å². The first-order valence-corrected chi connectivity index (χ1v) is 12.5. The zero-order chi connectivity index (χ0) is 27.6. The number of carbonyl (C=O) groups is 2. The van der Waals surface area contributed by atoms with Crippen molar-refractivity contribution >= 4 is 33.4 Å². The van der Waals surface area contributed by atoms with Crippen LogP contribution in [0.15, 0.2) is 47.4 Å². The molecule has 2 unspecified atom stereocenters. The predicted octanol–water partition coefficient (Wildman–Crippen LogP) is 4.20. The Kier molecular flexibility index (Phi) is 7.91. The summed E-state index contributed by atoms with van der Waals surface area (Å²) in [6, 6.07) is 7.91. The molecule has 0 radical (unpaired) electrons. The normalized spacial score (nSPS) is 17.2. The highest BCUT2D eigenvalue weighted by Gasteiger charge is 2.53. The molecule has 0 bridgehead atoms. The SMILES string of the molecule is CCC(C)(OC(=O)Nc1ccc2c(c1)N(S(=O)(=O)c1ccc(F)cc1)CC(CNC(C)=O)O2)C(F)(F)F. The van der Waals surface area contributed by atoms with E-state index in [0.717, 1.165) is 35.5 Å². The van der Waals surface area contributed by atoms with Gasteiger partial charge in [0.15, 0.2) is 0 Å². The number of sulfonamides is 1. The van der Waals surface area contributed by atoms with Gasteiger partial charge in [0, 0.05) is 12.6 Å². The summed E-state index contributed by atoms with van der Waals surface area (Å²) < 4.78 is 91.6. The van der Waals surface area contributed by atoms with Crippen molar-refractivity contribution in [1.82, 2.24) is 5.32 Å². The maximum absolute atomic E-state index is 13.4. The fraction of sp³-hybridized carbons (Fsp3) is 0.391. The van der Waals surface area contributed by atoms with Crippen molar-refractivity contribution in [2.45, 2.75) is 50.0 Å². The topological polar surface area (TPSA) is 114 Å². The fourth-order valence-electron chi connectivity index (χ4n) is 3.39. The van der Waals surface area contributed by atoms with Crippen LogP contribution in [0, 0.1) is 5.82 Å². The predicted molar refractivity (Wildman–Crippen MR) is 125 cm³/mol. The molecule has 2 atom stereocenters. The number of amides is 2. The molecule has 202 valence electrons. The summed E-state index contributed by atoms with van der Waals surface area (Å²) in [6.07, 6.45) is -7.53. The summed E-state index contributed by atoms with van der Waals surface area (Å²) in [7, 11) is -4.28. The van der Waals surface area contributed by atoms with E-state index in [0.29, 0.717) is 0 Å². The summed E-state index contributed by atoms with van der Waals surface area (Å²) in [4.78, 5) is 23.4. The Hall–Kier alpha value is -3.55. The van der Waals surface area contributed by atoms with Gasteiger partial charge in [-0.3, -0.25) is 14.4 Å². The lowest BCUT2D eigenvalue weighted by Crippen LogP contribution is -2.48. The van der Waals surface area contributed by atoms with Crippen LogP contribution in [0.5, 0.6) is 5.75 Å². The molecule has 0 saturated carbocycles. The third-order valence-corrected chi connectivity index (χ3v) is 7.50. The lowest BCUT2D eigenvalue weighted by atomic mass is 10.0. The van der Waals surface area contributed by atoms with E-state index in [1.165, 1.54) is 32.0 Å². The van der Waals surface area contributed by atoms with Crippen LogP contribution in [-0.2, 0) is 19.6 Å². The van der Waals surface area contributed by atoms with Gasteiger partial charge in [-0.25, -0.2) is 17.6 Å². The average Bonchev–Trinajstić information content (AvgIpc) is 2.81. The zero-order valence-corrected chi connectivity index (χ0v) is 20.9. The molecule has 1 aliphatic rings. The number of carbonyl (C=O) groups excluding carboxylic acids is 2. The van der Waals surface area contributed by atoms with E-state index in [1.54, 1.807) is 0 Å². The molecular formula is C23H25F4N3O6S. The summed E-state index contributed by atoms with van der Waals surface area (Å²) >= 11 is 0. The van der Waals surface area contributed by atoms with Gasteiger partial charge in [0.25, 0.3) is 10.0 Å². The minimum Gasteiger partial charge on any atom is -0.484 e. The van der Waals surface area contributed by atoms with Gasteiger partial charge < -0.3 is 14.8 Å². The Morgan fingerprint density at radius 1 is 1.16 bits per heavy atom. The highest BCUT2D eigenvalue weighted by molar-refractivity contribution is 7.92. The standard InChI is InChI=1S/C23H25F4N3O6S/c1-4-22(3,23(25,26)27)36-21(32)29-16-7-10-20-19(11-16)30(13-17(35-20)12-28-14(2)31)37(33,34)18-8-5-15(24)6-9-18/h5-11,17H,4,12-13H2,1-3H3,(H,28,31)(H,29,32). The molecule has 14 heteroatoms. The van der Waals surface area contributed by atoms with Gasteiger partial charge >= 0.3 is 12.3 Å². The van der Waals surface area contributed by atoms with Crippen LogP contribution in [0.3, 0.4) is 0 Å². The maximum Gasteiger partial charge on any atom is 0.428 e. The molecule has 0 saturated heterocycles. The number of fused-ring (bicyclic) bond motifs is 1. The molecule has 1 heterocycles. The molecule has 0 aliphatic carbocycles. The third-order valence-electron chi connectivity index (χ3n) is 5.71. The number of anilines is 2. The van der Waals surface area contributed by atoms with E-state index in [2.05, 4.69) is 15.4 Å². The molecule has 9 nitrogen and oxygen atoms in total. The van der Waals surface area contributed by atoms with Gasteiger partial charge in [0.1, 0.15) is 17.7 Å². The first-order chi connectivity index (χ1) is 17.2. The van der Waals surface area contributed by atoms with E-state index >= 15 is 0 Å². The molecular weight excluding hydrogens is 522 g/mol. The Balaban J connectivity index is 1.95. The number of alkyl halides is 3. The summed E-state index contributed by atoms with van der Waals surface area (Å²) in [5.41, 5.74) is -2.83. The average molecular weight is 548 g/mol. The molecule has 2 aromatic rings. The second-order valence-electron chi connectivity index (χ2n) is 8.45. The van der Waals surface area contributed by atoms with Crippen LogP contribution in [-0.4, -0.2) is 51.4 Å². The van der Waals surface area contributed by atoms with Crippen molar-refractivity contribution in [1.29, 1.82) is 0 Å². The number of nitrogens with one attached hydrogen (secondary N) is 2. The number of hydrogen-bond acceptors (Lipinski definition) is 6. The Morgan fingerprint density at radius 3 is 2.38 bits per heavy atom. The Morgan fingerprint density at radius 2 is 1.81 bits per heavy atom. The van der Waals surface area contributed by atoms with Crippen LogP contribution in [0.2, 0.25) is 0 Å². The van der Waals surface area contributed by atoms with Gasteiger partial charge in [0.05, 0.1) is 23.7 Å². The van der Waals surface area contributed by atoms with Crippen molar-refractivity contribution in [3.8, 4) is 5.75 Å². The number of halogens is 4. The van der Waals surface area contributed by atoms with E-state index in [9.17, 15) is 35.6 Å². The van der Waals surface area contributed by atoms with Crippen molar-refractivity contribution in [2.24, 2.45) is 0 Å². The van der Waals surface area contributed by atoms with Gasteiger partial charge in [-0.1, -0.05) is 6.92 Å². The smallest absolute Gasteiger partial charge is 0.428 e. The van der Waals surface area contributed by atoms with E-state index < -0.39 is 46.2 Å². The van der Waals surface area contributed by atoms with Crippen LogP contribution in [0.25, 0.3) is 0 Å². The molecule has 0 spiro atoms. The quantitative estimate of drug-likeness (QED) is 0.503. The second kappa shape index (κ2) is 10.4. The Labute approximate surface area is 210 Å². The lowest BCUT2D eigenvalue weighted by molar-refractivity contribution is -0.250. The first-order valence-electron chi connectivity index (χ1n) is 11.1. The monoisotopic (exact) mass is 547 g/mol. The Bertz CT molecular complexity index is 1270. The summed E-state index contributed by atoms with van der Waals surface area (Å²) in [5.74, 6) is -0.939. The molecule has 3 rings (SSSR count). The lowest BCUT2D eigenvalue weighted by Gasteiger charge is -2.36. The molecule has 0 aromatic heterocycles. The van der Waals surface area contributed by atoms with Crippen molar-refractivity contribution < 1.29 is 45.0 Å². The van der Waals surface area contributed by atoms with E-state index in [1.807, 2.05) is 0 Å². The number of hydrogen-bond donors (Lipinski definition) is 2. The van der Waals surface area contributed by atoms with Crippen molar-refractivity contribution in [2.75, 3.05) is 22.7 Å². The highest BCUT2D eigenvalue weighted by atomic mass is 32.2. The minimum absolute atomic E-state index is 0.0242. The molecule has 1 aliphatic heterocycles. The number of ether oxygens (including phenoxy) is 2. The van der Waals surface area contributed by atoms with Crippen molar-refractivity contribution in [3.63, 3.8) is 0 Å². The number of nitrogens with zero attached hydrogens (tertiary/aromatic N) is 1. The molecule has 2 N–H and O–H groups in total. The van der Waals surface area contributed by atoms with Gasteiger partial charge in [-0.2, -0.15) is 13.2 Å². The van der Waals surface area contributed by atoms with Crippen LogP contribution >= 0.6 is 0 Å². The highest BCUT2D eigenvalue weighted by Crippen LogP contribution is 2.40. The van der Waals surface area contributed by atoms with Gasteiger partial charge in [-0.05, 0) is 55.8 Å². The van der Waals surface area contributed by atoms with E-state index in [-0.39, 0.29) is 41.0 Å². The summed E-state index contributed by atoms with van der Waals surface area (Å²) in [5, 5.41) is 4.72.